The largest absolute Gasteiger partial charge is 0.397 e. The molecule has 3 aromatic rings. The molecule has 6 N–H and O–H groups in total. The number of nitrogens with zero attached hydrogens (tertiary/aromatic N) is 2. The van der Waals surface area contributed by atoms with Crippen LogP contribution in [0.1, 0.15) is 15.2 Å². The number of fused-ring (bicyclic) bond motifs is 1. The third kappa shape index (κ3) is 2.23. The fraction of sp³-hybridized carbons (Fsp3) is 0. The van der Waals surface area contributed by atoms with Gasteiger partial charge in [0.15, 0.2) is 0 Å². The lowest BCUT2D eigenvalue weighted by Gasteiger charge is -2.09. The highest BCUT2D eigenvalue weighted by Gasteiger charge is 2.23. The fourth-order valence-electron chi connectivity index (χ4n) is 2.40. The van der Waals surface area contributed by atoms with Crippen LogP contribution in [0.4, 0.5) is 15.9 Å². The molecule has 0 aliphatic carbocycles. The van der Waals surface area contributed by atoms with E-state index in [4.69, 9.17) is 17.2 Å². The maximum Gasteiger partial charge on any atom is 0.260 e. The van der Waals surface area contributed by atoms with E-state index < -0.39 is 11.7 Å². The van der Waals surface area contributed by atoms with Gasteiger partial charge in [-0.2, -0.15) is 5.26 Å². The molecule has 23 heavy (non-hydrogen) atoms. The Balaban J connectivity index is 2.51. The summed E-state index contributed by atoms with van der Waals surface area (Å²) in [5, 5.41) is 9.78. The molecule has 0 saturated carbocycles. The first-order valence-corrected chi connectivity index (χ1v) is 7.23. The van der Waals surface area contributed by atoms with E-state index in [9.17, 15) is 14.4 Å². The van der Waals surface area contributed by atoms with Crippen LogP contribution < -0.4 is 17.2 Å². The zero-order chi connectivity index (χ0) is 16.7. The van der Waals surface area contributed by atoms with Gasteiger partial charge in [-0.05, 0) is 17.7 Å². The van der Waals surface area contributed by atoms with E-state index in [1.807, 2.05) is 6.07 Å². The Labute approximate surface area is 133 Å². The quantitative estimate of drug-likeness (QED) is 0.664. The monoisotopic (exact) mass is 327 g/mol. The molecule has 3 rings (SSSR count). The van der Waals surface area contributed by atoms with Gasteiger partial charge >= 0.3 is 0 Å². The molecular formula is C15H10FN5OS. The average Bonchev–Trinajstić information content (AvgIpc) is 2.82. The van der Waals surface area contributed by atoms with Gasteiger partial charge in [0.25, 0.3) is 5.91 Å². The topological polar surface area (TPSA) is 132 Å². The van der Waals surface area contributed by atoms with Crippen LogP contribution in [0.25, 0.3) is 21.3 Å². The van der Waals surface area contributed by atoms with Crippen LogP contribution in [0.2, 0.25) is 0 Å². The van der Waals surface area contributed by atoms with Crippen LogP contribution in [0.15, 0.2) is 24.3 Å². The minimum absolute atomic E-state index is 0.0171. The van der Waals surface area contributed by atoms with Gasteiger partial charge in [-0.25, -0.2) is 9.37 Å². The number of thiophene rings is 1. The summed E-state index contributed by atoms with van der Waals surface area (Å²) in [6, 6.07) is 7.63. The van der Waals surface area contributed by atoms with Gasteiger partial charge in [0.1, 0.15) is 33.0 Å². The maximum atomic E-state index is 13.6. The first-order chi connectivity index (χ1) is 10.9. The Morgan fingerprint density at radius 1 is 1.35 bits per heavy atom. The molecule has 0 spiro atoms. The zero-order valence-electron chi connectivity index (χ0n) is 11.6. The smallest absolute Gasteiger partial charge is 0.260 e. The number of halogens is 1. The number of carbonyl (C=O) groups excluding carboxylic acids is 1. The summed E-state index contributed by atoms with van der Waals surface area (Å²) in [5.41, 5.74) is 18.1. The van der Waals surface area contributed by atoms with Crippen molar-refractivity contribution < 1.29 is 9.18 Å². The number of benzene rings is 1. The van der Waals surface area contributed by atoms with Gasteiger partial charge in [0.05, 0.1) is 5.69 Å². The number of pyridine rings is 1. The predicted octanol–water partition coefficient (Wildman–Crippen LogP) is 2.24. The number of anilines is 2. The van der Waals surface area contributed by atoms with Gasteiger partial charge in [0.2, 0.25) is 0 Å². The summed E-state index contributed by atoms with van der Waals surface area (Å²) in [4.78, 5) is 16.1. The molecule has 114 valence electrons. The van der Waals surface area contributed by atoms with E-state index in [0.29, 0.717) is 21.3 Å². The van der Waals surface area contributed by atoms with Gasteiger partial charge in [-0.3, -0.25) is 4.79 Å². The lowest BCUT2D eigenvalue weighted by Crippen LogP contribution is -2.10. The Morgan fingerprint density at radius 2 is 2.09 bits per heavy atom. The number of nitriles is 1. The molecule has 0 radical (unpaired) electrons. The number of primary amides is 1. The van der Waals surface area contributed by atoms with E-state index in [-0.39, 0.29) is 21.9 Å². The SMILES string of the molecule is N#Cc1c(N)nc2sc(C(N)=O)c(N)c2c1-c1cccc(F)c1. The second kappa shape index (κ2) is 5.23. The van der Waals surface area contributed by atoms with Crippen molar-refractivity contribution in [3.63, 3.8) is 0 Å². The molecule has 0 fully saturated rings. The number of hydrogen-bond acceptors (Lipinski definition) is 6. The van der Waals surface area contributed by atoms with Crippen molar-refractivity contribution in [1.29, 1.82) is 5.26 Å². The van der Waals surface area contributed by atoms with Crippen molar-refractivity contribution in [1.82, 2.24) is 4.98 Å². The van der Waals surface area contributed by atoms with Crippen molar-refractivity contribution in [2.75, 3.05) is 11.5 Å². The number of amides is 1. The molecule has 2 heterocycles. The predicted molar refractivity (Wildman–Crippen MR) is 87.1 cm³/mol. The van der Waals surface area contributed by atoms with E-state index >= 15 is 0 Å². The minimum atomic E-state index is -0.701. The van der Waals surface area contributed by atoms with Gasteiger partial charge in [0, 0.05) is 10.9 Å². The van der Waals surface area contributed by atoms with Crippen molar-refractivity contribution in [2.24, 2.45) is 5.73 Å². The van der Waals surface area contributed by atoms with Crippen molar-refractivity contribution in [2.45, 2.75) is 0 Å². The molecule has 0 saturated heterocycles. The number of carbonyl (C=O) groups is 1. The summed E-state index contributed by atoms with van der Waals surface area (Å²) in [7, 11) is 0. The molecular weight excluding hydrogens is 317 g/mol. The molecule has 0 unspecified atom stereocenters. The van der Waals surface area contributed by atoms with Crippen molar-refractivity contribution in [3.05, 3.63) is 40.5 Å². The summed E-state index contributed by atoms with van der Waals surface area (Å²) < 4.78 is 13.6. The second-order valence-electron chi connectivity index (χ2n) is 4.76. The van der Waals surface area contributed by atoms with Gasteiger partial charge < -0.3 is 17.2 Å². The van der Waals surface area contributed by atoms with Crippen LogP contribution >= 0.6 is 11.3 Å². The molecule has 0 atom stereocenters. The molecule has 8 heteroatoms. The molecule has 0 bridgehead atoms. The third-order valence-corrected chi connectivity index (χ3v) is 4.47. The highest BCUT2D eigenvalue weighted by Crippen LogP contribution is 2.42. The Kier molecular flexibility index (Phi) is 3.35. The Hall–Kier alpha value is -3.18. The van der Waals surface area contributed by atoms with Gasteiger partial charge in [-0.1, -0.05) is 12.1 Å². The first-order valence-electron chi connectivity index (χ1n) is 6.41. The first kappa shape index (κ1) is 14.7. The lowest BCUT2D eigenvalue weighted by atomic mass is 9.97. The lowest BCUT2D eigenvalue weighted by molar-refractivity contribution is 0.100. The zero-order valence-corrected chi connectivity index (χ0v) is 12.4. The summed E-state index contributed by atoms with van der Waals surface area (Å²) >= 11 is 0.985. The van der Waals surface area contributed by atoms with Crippen molar-refractivity contribution in [3.8, 4) is 17.2 Å². The standard InChI is InChI=1S/C15H10FN5OS/c16-7-3-1-2-6(4-7)9-8(5-17)13(19)21-15-10(9)11(18)12(23-15)14(20)22/h1-4H,18H2,(H2,19,21)(H2,20,22). The highest BCUT2D eigenvalue weighted by molar-refractivity contribution is 7.21. The molecule has 2 aromatic heterocycles. The van der Waals surface area contributed by atoms with E-state index in [0.717, 1.165) is 11.3 Å². The highest BCUT2D eigenvalue weighted by atomic mass is 32.1. The number of hydrogen-bond donors (Lipinski definition) is 3. The van der Waals surface area contributed by atoms with Crippen LogP contribution in [-0.2, 0) is 0 Å². The van der Waals surface area contributed by atoms with Crippen molar-refractivity contribution >= 4 is 39.0 Å². The number of nitrogens with two attached hydrogens (primary N) is 3. The average molecular weight is 327 g/mol. The second-order valence-corrected chi connectivity index (χ2v) is 5.76. The fourth-order valence-corrected chi connectivity index (χ4v) is 3.36. The van der Waals surface area contributed by atoms with E-state index in [1.54, 1.807) is 6.07 Å². The van der Waals surface area contributed by atoms with Gasteiger partial charge in [-0.15, -0.1) is 11.3 Å². The maximum absolute atomic E-state index is 13.6. The normalized spacial score (nSPS) is 10.6. The number of nitrogen functional groups attached to an aromatic ring is 2. The summed E-state index contributed by atoms with van der Waals surface area (Å²) in [5.74, 6) is -1.19. The van der Waals surface area contributed by atoms with Crippen LogP contribution in [-0.4, -0.2) is 10.9 Å². The molecule has 0 aliphatic heterocycles. The minimum Gasteiger partial charge on any atom is -0.397 e. The molecule has 1 amide bonds. The third-order valence-electron chi connectivity index (χ3n) is 3.35. The summed E-state index contributed by atoms with van der Waals surface area (Å²) in [6.07, 6.45) is 0. The number of rotatable bonds is 2. The van der Waals surface area contributed by atoms with Crippen LogP contribution in [0.5, 0.6) is 0 Å². The summed E-state index contributed by atoms with van der Waals surface area (Å²) in [6.45, 7) is 0. The van der Waals surface area contributed by atoms with Crippen LogP contribution in [0.3, 0.4) is 0 Å². The molecule has 0 aliphatic rings. The van der Waals surface area contributed by atoms with E-state index in [2.05, 4.69) is 4.98 Å². The molecule has 1 aromatic carbocycles. The van der Waals surface area contributed by atoms with E-state index in [1.165, 1.54) is 18.2 Å². The Bertz CT molecular complexity index is 1010. The number of aromatic nitrogens is 1. The molecule has 6 nitrogen and oxygen atoms in total. The Morgan fingerprint density at radius 3 is 2.70 bits per heavy atom. The van der Waals surface area contributed by atoms with Crippen LogP contribution in [0, 0.1) is 17.1 Å².